The second kappa shape index (κ2) is 7.36. The average molecular weight is 431 g/mol. The minimum atomic E-state index is -1.02. The number of thiophene rings is 1. The smallest absolute Gasteiger partial charge is 0.337 e. The molecule has 1 aliphatic rings. The standard InChI is InChI=1S/C22H16Cl2O3S/c23-15-5-1-13(2-6-15)17-12-28-18(20(17)21(26)27)11-19(25)22(9-10-22)14-3-7-16(24)8-4-14/h1-8,12H,9-11H2,(H,26,27). The number of carbonyl (C=O) groups is 2. The molecular formula is C22H16Cl2O3S. The molecule has 0 aliphatic heterocycles. The number of carboxylic acid groups (broad SMARTS) is 1. The molecule has 4 rings (SSSR count). The summed E-state index contributed by atoms with van der Waals surface area (Å²) in [4.78, 5) is 25.6. The third kappa shape index (κ3) is 3.48. The number of rotatable bonds is 6. The molecular weight excluding hydrogens is 415 g/mol. The van der Waals surface area contributed by atoms with E-state index in [0.717, 1.165) is 24.0 Å². The van der Waals surface area contributed by atoms with Gasteiger partial charge in [0.1, 0.15) is 5.78 Å². The molecule has 0 atom stereocenters. The van der Waals surface area contributed by atoms with Crippen LogP contribution in [0.5, 0.6) is 0 Å². The number of aromatic carboxylic acids is 1. The van der Waals surface area contributed by atoms with Crippen LogP contribution >= 0.6 is 34.5 Å². The molecule has 0 unspecified atom stereocenters. The summed E-state index contributed by atoms with van der Waals surface area (Å²) in [5.41, 5.74) is 2.04. The fraction of sp³-hybridized carbons (Fsp3) is 0.182. The van der Waals surface area contributed by atoms with Gasteiger partial charge in [-0.3, -0.25) is 4.79 Å². The monoisotopic (exact) mass is 430 g/mol. The third-order valence-corrected chi connectivity index (χ3v) is 6.73. The molecule has 1 saturated carbocycles. The maximum Gasteiger partial charge on any atom is 0.337 e. The molecule has 0 spiro atoms. The highest BCUT2D eigenvalue weighted by atomic mass is 35.5. The van der Waals surface area contributed by atoms with Crippen molar-refractivity contribution in [2.45, 2.75) is 24.7 Å². The van der Waals surface area contributed by atoms with Crippen LogP contribution in [-0.4, -0.2) is 16.9 Å². The minimum Gasteiger partial charge on any atom is -0.478 e. The summed E-state index contributed by atoms with van der Waals surface area (Å²) in [7, 11) is 0. The topological polar surface area (TPSA) is 54.4 Å². The van der Waals surface area contributed by atoms with Crippen molar-refractivity contribution in [1.82, 2.24) is 0 Å². The predicted octanol–water partition coefficient (Wildman–Crippen LogP) is 6.26. The van der Waals surface area contributed by atoms with Gasteiger partial charge in [-0.25, -0.2) is 4.79 Å². The molecule has 0 radical (unpaired) electrons. The lowest BCUT2D eigenvalue weighted by atomic mass is 9.88. The van der Waals surface area contributed by atoms with Crippen LogP contribution in [0, 0.1) is 0 Å². The van der Waals surface area contributed by atoms with E-state index in [-0.39, 0.29) is 17.8 Å². The summed E-state index contributed by atoms with van der Waals surface area (Å²) in [5.74, 6) is -0.966. The second-order valence-corrected chi connectivity index (χ2v) is 8.79. The Bertz CT molecular complexity index is 1050. The zero-order chi connectivity index (χ0) is 19.9. The normalized spacial score (nSPS) is 14.6. The molecule has 6 heteroatoms. The molecule has 2 aromatic carbocycles. The zero-order valence-corrected chi connectivity index (χ0v) is 17.1. The Kier molecular flexibility index (Phi) is 5.04. The van der Waals surface area contributed by atoms with Crippen LogP contribution in [0.3, 0.4) is 0 Å². The van der Waals surface area contributed by atoms with Gasteiger partial charge in [0.2, 0.25) is 0 Å². The Morgan fingerprint density at radius 1 is 0.964 bits per heavy atom. The molecule has 0 amide bonds. The highest BCUT2D eigenvalue weighted by molar-refractivity contribution is 7.11. The molecule has 1 aliphatic carbocycles. The molecule has 1 heterocycles. The molecule has 0 saturated heterocycles. The van der Waals surface area contributed by atoms with Crippen molar-refractivity contribution >= 4 is 46.3 Å². The zero-order valence-electron chi connectivity index (χ0n) is 14.7. The van der Waals surface area contributed by atoms with Gasteiger partial charge in [-0.15, -0.1) is 11.3 Å². The first kappa shape index (κ1) is 19.2. The Morgan fingerprint density at radius 3 is 2.07 bits per heavy atom. The Morgan fingerprint density at radius 2 is 1.54 bits per heavy atom. The van der Waals surface area contributed by atoms with E-state index in [0.29, 0.717) is 20.5 Å². The lowest BCUT2D eigenvalue weighted by Crippen LogP contribution is -2.22. The first-order valence-corrected chi connectivity index (χ1v) is 10.4. The van der Waals surface area contributed by atoms with Gasteiger partial charge in [-0.05, 0) is 53.6 Å². The minimum absolute atomic E-state index is 0.0572. The van der Waals surface area contributed by atoms with Gasteiger partial charge in [0.15, 0.2) is 0 Å². The number of hydrogen-bond donors (Lipinski definition) is 1. The summed E-state index contributed by atoms with van der Waals surface area (Å²) in [6, 6.07) is 14.4. The summed E-state index contributed by atoms with van der Waals surface area (Å²) in [5, 5.41) is 12.8. The second-order valence-electron chi connectivity index (χ2n) is 6.95. The first-order valence-electron chi connectivity index (χ1n) is 8.80. The van der Waals surface area contributed by atoms with E-state index in [1.165, 1.54) is 11.3 Å². The summed E-state index contributed by atoms with van der Waals surface area (Å²) >= 11 is 13.2. The summed E-state index contributed by atoms with van der Waals surface area (Å²) in [6.07, 6.45) is 1.68. The van der Waals surface area contributed by atoms with Crippen molar-refractivity contribution in [1.29, 1.82) is 0 Å². The van der Waals surface area contributed by atoms with E-state index in [9.17, 15) is 14.7 Å². The number of benzene rings is 2. The van der Waals surface area contributed by atoms with E-state index < -0.39 is 11.4 Å². The van der Waals surface area contributed by atoms with Gasteiger partial charge >= 0.3 is 5.97 Å². The van der Waals surface area contributed by atoms with Crippen LogP contribution in [0.25, 0.3) is 11.1 Å². The number of ketones is 1. The lowest BCUT2D eigenvalue weighted by Gasteiger charge is -2.14. The van der Waals surface area contributed by atoms with Gasteiger partial charge in [0.25, 0.3) is 0 Å². The van der Waals surface area contributed by atoms with Gasteiger partial charge in [0.05, 0.1) is 11.0 Å². The maximum absolute atomic E-state index is 13.1. The van der Waals surface area contributed by atoms with E-state index in [4.69, 9.17) is 23.2 Å². The largest absolute Gasteiger partial charge is 0.478 e. The van der Waals surface area contributed by atoms with E-state index in [1.54, 1.807) is 41.8 Å². The fourth-order valence-electron chi connectivity index (χ4n) is 3.54. The van der Waals surface area contributed by atoms with Crippen molar-refractivity contribution in [3.8, 4) is 11.1 Å². The molecule has 1 aromatic heterocycles. The fourth-order valence-corrected chi connectivity index (χ4v) is 4.84. The van der Waals surface area contributed by atoms with Crippen molar-refractivity contribution in [3.63, 3.8) is 0 Å². The first-order chi connectivity index (χ1) is 13.4. The SMILES string of the molecule is O=C(O)c1c(-c2ccc(Cl)cc2)csc1CC(=O)C1(c2ccc(Cl)cc2)CC1. The number of Topliss-reactive ketones (excluding diaryl/α,β-unsaturated/α-hetero) is 1. The van der Waals surface area contributed by atoms with E-state index >= 15 is 0 Å². The number of carbonyl (C=O) groups excluding carboxylic acids is 1. The van der Waals surface area contributed by atoms with Crippen LogP contribution in [0.4, 0.5) is 0 Å². The van der Waals surface area contributed by atoms with Crippen molar-refractivity contribution < 1.29 is 14.7 Å². The van der Waals surface area contributed by atoms with Crippen LogP contribution in [0.2, 0.25) is 10.0 Å². The molecule has 1 fully saturated rings. The number of halogens is 2. The molecule has 0 bridgehead atoms. The van der Waals surface area contributed by atoms with E-state index in [1.807, 2.05) is 12.1 Å². The molecule has 3 aromatic rings. The Balaban J connectivity index is 1.65. The molecule has 142 valence electrons. The third-order valence-electron chi connectivity index (χ3n) is 5.24. The van der Waals surface area contributed by atoms with Crippen molar-refractivity contribution in [2.75, 3.05) is 0 Å². The van der Waals surface area contributed by atoms with Gasteiger partial charge in [0, 0.05) is 26.9 Å². The van der Waals surface area contributed by atoms with E-state index in [2.05, 4.69) is 0 Å². The lowest BCUT2D eigenvalue weighted by molar-refractivity contribution is -0.120. The van der Waals surface area contributed by atoms with Gasteiger partial charge in [-0.2, -0.15) is 0 Å². The predicted molar refractivity (Wildman–Crippen MR) is 113 cm³/mol. The number of carboxylic acids is 1. The van der Waals surface area contributed by atoms with Crippen LogP contribution in [0.1, 0.15) is 33.6 Å². The van der Waals surface area contributed by atoms with Crippen LogP contribution in [0.15, 0.2) is 53.9 Å². The highest BCUT2D eigenvalue weighted by Crippen LogP contribution is 2.50. The van der Waals surface area contributed by atoms with Crippen molar-refractivity contribution in [2.24, 2.45) is 0 Å². The van der Waals surface area contributed by atoms with Crippen molar-refractivity contribution in [3.05, 3.63) is 80.0 Å². The maximum atomic E-state index is 13.1. The quantitative estimate of drug-likeness (QED) is 0.501. The average Bonchev–Trinajstić information content (AvgIpc) is 3.38. The van der Waals surface area contributed by atoms with Gasteiger partial charge < -0.3 is 5.11 Å². The Hall–Kier alpha value is -2.14. The number of hydrogen-bond acceptors (Lipinski definition) is 3. The summed E-state index contributed by atoms with van der Waals surface area (Å²) in [6.45, 7) is 0. The summed E-state index contributed by atoms with van der Waals surface area (Å²) < 4.78 is 0. The molecule has 1 N–H and O–H groups in total. The highest BCUT2D eigenvalue weighted by Gasteiger charge is 2.50. The molecule has 28 heavy (non-hydrogen) atoms. The Labute approximate surface area is 176 Å². The van der Waals surface area contributed by atoms with Crippen LogP contribution in [-0.2, 0) is 16.6 Å². The molecule has 3 nitrogen and oxygen atoms in total. The van der Waals surface area contributed by atoms with Gasteiger partial charge in [-0.1, -0.05) is 47.5 Å². The van der Waals surface area contributed by atoms with Crippen LogP contribution < -0.4 is 0 Å².